The van der Waals surface area contributed by atoms with Gasteiger partial charge in [-0.25, -0.2) is 14.8 Å². The first-order valence-corrected chi connectivity index (χ1v) is 20.4. The maximum atomic E-state index is 14.0. The molecule has 6 aromatic rings. The molecule has 1 aliphatic carbocycles. The van der Waals surface area contributed by atoms with Crippen molar-refractivity contribution in [2.24, 2.45) is 0 Å². The van der Waals surface area contributed by atoms with Crippen molar-refractivity contribution in [2.45, 2.75) is 76.7 Å². The molecule has 1 N–H and O–H groups in total. The number of rotatable bonds is 12. The molecule has 1 aliphatic rings. The molecule has 0 spiro atoms. The van der Waals surface area contributed by atoms with Gasteiger partial charge < -0.3 is 23.8 Å². The van der Waals surface area contributed by atoms with Crippen molar-refractivity contribution >= 4 is 35.7 Å². The van der Waals surface area contributed by atoms with E-state index >= 15 is 0 Å². The smallest absolute Gasteiger partial charge is 0.328 e. The lowest BCUT2D eigenvalue weighted by molar-refractivity contribution is 0.116. The summed E-state index contributed by atoms with van der Waals surface area (Å²) in [5, 5.41) is 2.38. The number of benzene rings is 4. The van der Waals surface area contributed by atoms with Crippen molar-refractivity contribution in [3.05, 3.63) is 137 Å². The van der Waals surface area contributed by atoms with E-state index in [1.54, 1.807) is 20.5 Å². The highest BCUT2D eigenvalue weighted by Gasteiger charge is 2.51. The lowest BCUT2D eigenvalue weighted by Crippen LogP contribution is -2.67. The third kappa shape index (κ3) is 7.38. The van der Waals surface area contributed by atoms with Gasteiger partial charge in [0, 0.05) is 25.2 Å². The molecule has 9 nitrogen and oxygen atoms in total. The van der Waals surface area contributed by atoms with Gasteiger partial charge in [0.25, 0.3) is 8.32 Å². The molecule has 1 fully saturated rings. The Hall–Kier alpha value is -5.19. The fourth-order valence-corrected chi connectivity index (χ4v) is 12.7. The number of hydrogen-bond donors (Lipinski definition) is 1. The van der Waals surface area contributed by atoms with E-state index in [1.807, 2.05) is 28.8 Å². The van der Waals surface area contributed by atoms with E-state index in [0.717, 1.165) is 48.3 Å². The average molecular weight is 728 g/mol. The lowest BCUT2D eigenvalue weighted by Gasteiger charge is -2.46. The molecule has 2 atom stereocenters. The predicted octanol–water partition coefficient (Wildman–Crippen LogP) is 7.40. The Morgan fingerprint density at radius 2 is 1.32 bits per heavy atom. The van der Waals surface area contributed by atoms with Crippen LogP contribution in [0.3, 0.4) is 0 Å². The maximum absolute atomic E-state index is 14.0. The van der Waals surface area contributed by atoms with E-state index in [0.29, 0.717) is 30.1 Å². The van der Waals surface area contributed by atoms with E-state index in [1.165, 1.54) is 10.4 Å². The summed E-state index contributed by atoms with van der Waals surface area (Å²) >= 11 is 0. The van der Waals surface area contributed by atoms with Crippen LogP contribution in [0.1, 0.15) is 63.6 Å². The molecule has 0 saturated heterocycles. The van der Waals surface area contributed by atoms with Crippen molar-refractivity contribution in [2.75, 3.05) is 19.1 Å². The minimum absolute atomic E-state index is 0.0279. The third-order valence-corrected chi connectivity index (χ3v) is 15.7. The Bertz CT molecular complexity index is 2070. The Morgan fingerprint density at radius 3 is 1.83 bits per heavy atom. The lowest BCUT2D eigenvalue weighted by atomic mass is 9.93. The van der Waals surface area contributed by atoms with Crippen molar-refractivity contribution in [1.82, 2.24) is 19.5 Å². The van der Waals surface area contributed by atoms with Gasteiger partial charge in [-0.3, -0.25) is 4.57 Å². The van der Waals surface area contributed by atoms with Crippen LogP contribution in [0.5, 0.6) is 11.5 Å². The summed E-state index contributed by atoms with van der Waals surface area (Å²) in [7, 11) is 0.561. The summed E-state index contributed by atoms with van der Waals surface area (Å²) in [6.45, 7) is 8.06. The molecule has 7 rings (SSSR count). The normalized spacial score (nSPS) is 16.4. The van der Waals surface area contributed by atoms with E-state index in [4.69, 9.17) is 23.9 Å². The number of imidazole rings is 1. The van der Waals surface area contributed by atoms with Gasteiger partial charge in [-0.2, -0.15) is 0 Å². The van der Waals surface area contributed by atoms with Gasteiger partial charge in [0.1, 0.15) is 23.3 Å². The van der Waals surface area contributed by atoms with Crippen LogP contribution in [0.25, 0.3) is 11.2 Å². The molecular weight excluding hydrogens is 679 g/mol. The summed E-state index contributed by atoms with van der Waals surface area (Å²) in [5.41, 5.74) is 3.25. The SMILES string of the molecule is COc1ccc(CN(Cc2ccc(OC)cc2)c2ncnc3c2[nH]c(=O)n3C2CCCC(O[Si](c3ccccc3)(c3ccccc3)C(C)(C)C)C2)cc1. The third-order valence-electron chi connectivity index (χ3n) is 10.6. The Balaban J connectivity index is 1.24. The number of ether oxygens (including phenoxy) is 2. The van der Waals surface area contributed by atoms with Crippen LogP contribution >= 0.6 is 0 Å². The first kappa shape index (κ1) is 36.2. The second kappa shape index (κ2) is 15.4. The van der Waals surface area contributed by atoms with E-state index in [-0.39, 0.29) is 22.9 Å². The summed E-state index contributed by atoms with van der Waals surface area (Å²) in [5.74, 6) is 2.27. The second-order valence-electron chi connectivity index (χ2n) is 15.0. The van der Waals surface area contributed by atoms with Crippen molar-refractivity contribution in [3.63, 3.8) is 0 Å². The summed E-state index contributed by atoms with van der Waals surface area (Å²) in [6.07, 6.45) is 5.03. The minimum Gasteiger partial charge on any atom is -0.497 e. The van der Waals surface area contributed by atoms with Gasteiger partial charge in [0.15, 0.2) is 11.5 Å². The van der Waals surface area contributed by atoms with Gasteiger partial charge >= 0.3 is 5.69 Å². The van der Waals surface area contributed by atoms with Gasteiger partial charge in [-0.05, 0) is 76.5 Å². The number of fused-ring (bicyclic) bond motifs is 1. The van der Waals surface area contributed by atoms with Gasteiger partial charge in [0.05, 0.1) is 14.2 Å². The molecule has 0 bridgehead atoms. The monoisotopic (exact) mass is 727 g/mol. The highest BCUT2D eigenvalue weighted by Crippen LogP contribution is 2.41. The van der Waals surface area contributed by atoms with Crippen LogP contribution in [0, 0.1) is 0 Å². The molecule has 53 heavy (non-hydrogen) atoms. The quantitative estimate of drug-likeness (QED) is 0.131. The number of methoxy groups -OCH3 is 2. The van der Waals surface area contributed by atoms with Crippen LogP contribution in [-0.2, 0) is 17.5 Å². The number of hydrogen-bond acceptors (Lipinski definition) is 7. The molecule has 1 saturated carbocycles. The molecule has 2 unspecified atom stereocenters. The van der Waals surface area contributed by atoms with Crippen molar-refractivity contribution in [1.29, 1.82) is 0 Å². The van der Waals surface area contributed by atoms with E-state index in [2.05, 4.69) is 116 Å². The topological polar surface area (TPSA) is 94.5 Å². The Labute approximate surface area is 312 Å². The van der Waals surface area contributed by atoms with Crippen LogP contribution in [0.2, 0.25) is 5.04 Å². The predicted molar refractivity (Wildman–Crippen MR) is 214 cm³/mol. The zero-order valence-electron chi connectivity index (χ0n) is 31.3. The highest BCUT2D eigenvalue weighted by atomic mass is 28.4. The average Bonchev–Trinajstić information content (AvgIpc) is 3.53. The molecule has 274 valence electrons. The van der Waals surface area contributed by atoms with Crippen LogP contribution in [-0.4, -0.2) is 48.2 Å². The Kier molecular flexibility index (Phi) is 10.5. The van der Waals surface area contributed by atoms with E-state index in [9.17, 15) is 4.79 Å². The summed E-state index contributed by atoms with van der Waals surface area (Å²) in [4.78, 5) is 28.9. The highest BCUT2D eigenvalue weighted by molar-refractivity contribution is 6.99. The fraction of sp³-hybridized carbons (Fsp3) is 0.326. The van der Waals surface area contributed by atoms with Crippen molar-refractivity contribution in [3.8, 4) is 11.5 Å². The van der Waals surface area contributed by atoms with Crippen LogP contribution < -0.4 is 30.4 Å². The molecule has 0 amide bonds. The molecular formula is C43H49N5O4Si. The maximum Gasteiger partial charge on any atom is 0.328 e. The minimum atomic E-state index is -2.77. The van der Waals surface area contributed by atoms with Crippen LogP contribution in [0.15, 0.2) is 120 Å². The zero-order chi connectivity index (χ0) is 37.0. The number of anilines is 1. The first-order chi connectivity index (χ1) is 25.7. The molecule has 4 aromatic carbocycles. The van der Waals surface area contributed by atoms with Crippen LogP contribution in [0.4, 0.5) is 5.82 Å². The van der Waals surface area contributed by atoms with Gasteiger partial charge in [-0.1, -0.05) is 106 Å². The Morgan fingerprint density at radius 1 is 0.774 bits per heavy atom. The summed E-state index contributed by atoms with van der Waals surface area (Å²) in [6, 6.07) is 37.5. The zero-order valence-corrected chi connectivity index (χ0v) is 32.3. The number of nitrogens with one attached hydrogen (secondary N) is 1. The van der Waals surface area contributed by atoms with Gasteiger partial charge in [0.2, 0.25) is 0 Å². The number of aromatic amines is 1. The van der Waals surface area contributed by atoms with Crippen molar-refractivity contribution < 1.29 is 13.9 Å². The number of H-pyrrole nitrogens is 1. The van der Waals surface area contributed by atoms with Gasteiger partial charge in [-0.15, -0.1) is 0 Å². The first-order valence-electron chi connectivity index (χ1n) is 18.4. The summed E-state index contributed by atoms with van der Waals surface area (Å²) < 4.78 is 20.3. The van der Waals surface area contributed by atoms with E-state index < -0.39 is 8.32 Å². The molecule has 2 heterocycles. The largest absolute Gasteiger partial charge is 0.497 e. The molecule has 0 radical (unpaired) electrons. The number of nitrogens with zero attached hydrogens (tertiary/aromatic N) is 4. The molecule has 0 aliphatic heterocycles. The molecule has 2 aromatic heterocycles. The second-order valence-corrected chi connectivity index (χ2v) is 19.2. The fourth-order valence-electron chi connectivity index (χ4n) is 8.02. The standard InChI is InChI=1S/C43H49N5O4Si/c1-43(2,3)53(37-15-8-6-9-16-37,38-17-10-7-11-18-38)52-36-14-12-13-33(27-36)48-41-39(46-42(48)49)40(44-30-45-41)47(28-31-19-23-34(50-4)24-20-31)29-32-21-25-35(51-5)26-22-32/h6-11,15-26,30,33,36H,12-14,27-29H2,1-5H3,(H,46,49). The molecule has 10 heteroatoms. The number of aromatic nitrogens is 4.